The van der Waals surface area contributed by atoms with Crippen LogP contribution in [0.15, 0.2) is 45.3 Å². The van der Waals surface area contributed by atoms with Crippen LogP contribution in [0.4, 0.5) is 0 Å². The molecule has 2 rings (SSSR count). The molecule has 28 heavy (non-hydrogen) atoms. The number of hydrogen-bond donors (Lipinski definition) is 2. The van der Waals surface area contributed by atoms with Crippen molar-refractivity contribution in [3.63, 3.8) is 0 Å². The Hall–Kier alpha value is -2.06. The van der Waals surface area contributed by atoms with E-state index in [1.54, 1.807) is 24.3 Å². The largest absolute Gasteiger partial charge is 0.493 e. The summed E-state index contributed by atoms with van der Waals surface area (Å²) in [5, 5.41) is 0. The van der Waals surface area contributed by atoms with Gasteiger partial charge in [0.2, 0.25) is 0 Å². The number of carbonyl (C=O) groups excluding carboxylic acids is 2. The van der Waals surface area contributed by atoms with Crippen molar-refractivity contribution in [2.24, 2.45) is 5.92 Å². The van der Waals surface area contributed by atoms with Crippen LogP contribution in [-0.2, 0) is 4.79 Å². The summed E-state index contributed by atoms with van der Waals surface area (Å²) in [5.41, 5.74) is 5.97. The lowest BCUT2D eigenvalue weighted by Gasteiger charge is -2.13. The minimum Gasteiger partial charge on any atom is -0.493 e. The van der Waals surface area contributed by atoms with E-state index in [0.717, 1.165) is 14.5 Å². The van der Waals surface area contributed by atoms with E-state index in [9.17, 15) is 9.59 Å². The van der Waals surface area contributed by atoms with Gasteiger partial charge < -0.3 is 9.47 Å². The summed E-state index contributed by atoms with van der Waals surface area (Å²) in [6.45, 7) is 6.28. The maximum atomic E-state index is 12.2. The van der Waals surface area contributed by atoms with Gasteiger partial charge in [-0.15, -0.1) is 0 Å². The van der Waals surface area contributed by atoms with E-state index in [1.807, 2.05) is 32.9 Å². The molecule has 2 aromatic carbocycles. The van der Waals surface area contributed by atoms with Crippen molar-refractivity contribution < 1.29 is 19.1 Å². The Morgan fingerprint density at radius 1 is 1.07 bits per heavy atom. The number of halogens is 2. The van der Waals surface area contributed by atoms with E-state index >= 15 is 0 Å². The van der Waals surface area contributed by atoms with Gasteiger partial charge in [0.15, 0.2) is 6.61 Å². The minimum atomic E-state index is -0.477. The zero-order valence-electron chi connectivity index (χ0n) is 15.8. The highest BCUT2D eigenvalue weighted by Gasteiger charge is 2.12. The van der Waals surface area contributed by atoms with E-state index < -0.39 is 11.8 Å². The molecule has 0 saturated heterocycles. The van der Waals surface area contributed by atoms with E-state index in [4.69, 9.17) is 9.47 Å². The second kappa shape index (κ2) is 10.5. The summed E-state index contributed by atoms with van der Waals surface area (Å²) in [4.78, 5) is 24.2. The van der Waals surface area contributed by atoms with Crippen molar-refractivity contribution >= 4 is 43.7 Å². The predicted octanol–water partition coefficient (Wildman–Crippen LogP) is 4.39. The van der Waals surface area contributed by atoms with Crippen molar-refractivity contribution in [3.05, 3.63) is 56.5 Å². The highest BCUT2D eigenvalue weighted by Crippen LogP contribution is 2.32. The van der Waals surface area contributed by atoms with Crippen molar-refractivity contribution in [1.82, 2.24) is 10.9 Å². The molecule has 0 heterocycles. The summed E-state index contributed by atoms with van der Waals surface area (Å²) >= 11 is 6.79. The molecule has 0 aliphatic carbocycles. The molecule has 8 heteroatoms. The third-order valence-corrected chi connectivity index (χ3v) is 4.58. The quantitative estimate of drug-likeness (QED) is 0.538. The highest BCUT2D eigenvalue weighted by atomic mass is 79.9. The van der Waals surface area contributed by atoms with Crippen LogP contribution < -0.4 is 20.3 Å². The molecule has 0 bridgehead atoms. The molecule has 150 valence electrons. The van der Waals surface area contributed by atoms with Gasteiger partial charge in [0, 0.05) is 10.0 Å². The first-order valence-corrected chi connectivity index (χ1v) is 10.3. The maximum Gasteiger partial charge on any atom is 0.276 e. The molecule has 0 aliphatic rings. The zero-order chi connectivity index (χ0) is 20.7. The van der Waals surface area contributed by atoms with Crippen LogP contribution in [0, 0.1) is 12.8 Å². The fourth-order valence-electron chi connectivity index (χ4n) is 2.23. The number of hydrogen-bond acceptors (Lipinski definition) is 4. The molecule has 0 atom stereocenters. The number of hydrazine groups is 1. The average molecular weight is 514 g/mol. The second-order valence-electron chi connectivity index (χ2n) is 6.56. The van der Waals surface area contributed by atoms with Crippen LogP contribution in [-0.4, -0.2) is 25.0 Å². The number of rotatable bonds is 7. The van der Waals surface area contributed by atoms with Crippen LogP contribution in [0.25, 0.3) is 0 Å². The topological polar surface area (TPSA) is 76.7 Å². The summed E-state index contributed by atoms with van der Waals surface area (Å²) < 4.78 is 12.8. The van der Waals surface area contributed by atoms with Crippen LogP contribution in [0.2, 0.25) is 0 Å². The first-order chi connectivity index (χ1) is 13.3. The SMILES string of the molecule is Cc1cc(Br)cc(Br)c1OCC(=O)NNC(=O)c1cccc(OCC(C)C)c1. The Labute approximate surface area is 181 Å². The first-order valence-electron chi connectivity index (χ1n) is 8.66. The fraction of sp³-hybridized carbons (Fsp3) is 0.300. The van der Waals surface area contributed by atoms with E-state index in [0.29, 0.717) is 29.6 Å². The predicted molar refractivity (Wildman–Crippen MR) is 114 cm³/mol. The summed E-state index contributed by atoms with van der Waals surface area (Å²) in [7, 11) is 0. The van der Waals surface area contributed by atoms with Crippen molar-refractivity contribution in [3.8, 4) is 11.5 Å². The fourth-order valence-corrected chi connectivity index (χ4v) is 3.79. The van der Waals surface area contributed by atoms with Crippen LogP contribution >= 0.6 is 31.9 Å². The van der Waals surface area contributed by atoms with Gasteiger partial charge in [0.05, 0.1) is 11.1 Å². The standard InChI is InChI=1S/C20H22Br2N2O4/c1-12(2)10-27-16-6-4-5-14(8-16)20(26)24-23-18(25)11-28-19-13(3)7-15(21)9-17(19)22/h4-9,12H,10-11H2,1-3H3,(H,23,25)(H,24,26). The van der Waals surface area contributed by atoms with E-state index in [2.05, 4.69) is 42.7 Å². The summed E-state index contributed by atoms with van der Waals surface area (Å²) in [6, 6.07) is 10.5. The smallest absolute Gasteiger partial charge is 0.276 e. The lowest BCUT2D eigenvalue weighted by Crippen LogP contribution is -2.43. The number of ether oxygens (including phenoxy) is 2. The van der Waals surface area contributed by atoms with Gasteiger partial charge in [-0.1, -0.05) is 35.8 Å². The lowest BCUT2D eigenvalue weighted by atomic mass is 10.2. The molecular weight excluding hydrogens is 492 g/mol. The molecule has 2 N–H and O–H groups in total. The van der Waals surface area contributed by atoms with Gasteiger partial charge >= 0.3 is 0 Å². The first kappa shape index (κ1) is 22.2. The molecule has 0 radical (unpaired) electrons. The Morgan fingerprint density at radius 2 is 1.82 bits per heavy atom. The second-order valence-corrected chi connectivity index (χ2v) is 8.33. The molecule has 0 aromatic heterocycles. The molecule has 0 fully saturated rings. The summed E-state index contributed by atoms with van der Waals surface area (Å²) in [5.74, 6) is 0.636. The summed E-state index contributed by atoms with van der Waals surface area (Å²) in [6.07, 6.45) is 0. The lowest BCUT2D eigenvalue weighted by molar-refractivity contribution is -0.123. The number of benzene rings is 2. The maximum absolute atomic E-state index is 12.2. The van der Waals surface area contributed by atoms with Gasteiger partial charge in [-0.2, -0.15) is 0 Å². The van der Waals surface area contributed by atoms with Crippen LogP contribution in [0.1, 0.15) is 29.8 Å². The Balaban J connectivity index is 1.86. The minimum absolute atomic E-state index is 0.237. The van der Waals surface area contributed by atoms with Gasteiger partial charge in [-0.3, -0.25) is 20.4 Å². The molecule has 0 spiro atoms. The molecule has 0 aliphatic heterocycles. The third kappa shape index (κ3) is 6.83. The van der Waals surface area contributed by atoms with Crippen LogP contribution in [0.5, 0.6) is 11.5 Å². The number of nitrogens with one attached hydrogen (secondary N) is 2. The molecule has 0 unspecified atom stereocenters. The Morgan fingerprint density at radius 3 is 2.50 bits per heavy atom. The number of carbonyl (C=O) groups is 2. The molecule has 2 aromatic rings. The van der Waals surface area contributed by atoms with Crippen molar-refractivity contribution in [2.45, 2.75) is 20.8 Å². The highest BCUT2D eigenvalue weighted by molar-refractivity contribution is 9.11. The van der Waals surface area contributed by atoms with Crippen LogP contribution in [0.3, 0.4) is 0 Å². The van der Waals surface area contributed by atoms with E-state index in [-0.39, 0.29) is 6.61 Å². The zero-order valence-corrected chi connectivity index (χ0v) is 19.0. The van der Waals surface area contributed by atoms with E-state index in [1.165, 1.54) is 0 Å². The number of amides is 2. The Kier molecular flexibility index (Phi) is 8.32. The normalized spacial score (nSPS) is 10.5. The molecule has 2 amide bonds. The number of aryl methyl sites for hydroxylation is 1. The monoisotopic (exact) mass is 512 g/mol. The van der Waals surface area contributed by atoms with Gasteiger partial charge in [-0.25, -0.2) is 0 Å². The molecule has 0 saturated carbocycles. The molecule has 6 nitrogen and oxygen atoms in total. The third-order valence-electron chi connectivity index (χ3n) is 3.54. The van der Waals surface area contributed by atoms with Gasteiger partial charge in [0.25, 0.3) is 11.8 Å². The van der Waals surface area contributed by atoms with Crippen molar-refractivity contribution in [2.75, 3.05) is 13.2 Å². The Bertz CT molecular complexity index is 833. The van der Waals surface area contributed by atoms with Crippen molar-refractivity contribution in [1.29, 1.82) is 0 Å². The van der Waals surface area contributed by atoms with Gasteiger partial charge in [0.1, 0.15) is 11.5 Å². The average Bonchev–Trinajstić information content (AvgIpc) is 2.63. The molecular formula is C20H22Br2N2O4. The van der Waals surface area contributed by atoms with Gasteiger partial charge in [-0.05, 0) is 64.7 Å².